The van der Waals surface area contributed by atoms with E-state index in [2.05, 4.69) is 31.8 Å². The minimum Gasteiger partial charge on any atom is -0.356 e. The van der Waals surface area contributed by atoms with Gasteiger partial charge < -0.3 is 4.98 Å². The predicted molar refractivity (Wildman–Crippen MR) is 86.5 cm³/mol. The van der Waals surface area contributed by atoms with Crippen molar-refractivity contribution in [1.29, 1.82) is 0 Å². The summed E-state index contributed by atoms with van der Waals surface area (Å²) in [4.78, 5) is 26.8. The van der Waals surface area contributed by atoms with Gasteiger partial charge in [-0.3, -0.25) is 20.4 Å². The van der Waals surface area contributed by atoms with E-state index in [1.807, 2.05) is 12.1 Å². The number of carbonyl (C=O) groups is 2. The van der Waals surface area contributed by atoms with Gasteiger partial charge in [0.15, 0.2) is 0 Å². The van der Waals surface area contributed by atoms with Crippen LogP contribution >= 0.6 is 15.9 Å². The molecule has 1 aliphatic carbocycles. The molecule has 0 bridgehead atoms. The molecular formula is C16H16BrN3O2. The summed E-state index contributed by atoms with van der Waals surface area (Å²) in [5.74, 6) is -0.704. The Bertz CT molecular complexity index is 724. The third kappa shape index (κ3) is 3.22. The SMILES string of the molecule is O=C(NNC(=O)c1cc(Br)c[nH]1)c1ccc2c(c1)CCCC2. The van der Waals surface area contributed by atoms with Crippen LogP contribution in [-0.4, -0.2) is 16.8 Å². The third-order valence-corrected chi connectivity index (χ3v) is 4.25. The summed E-state index contributed by atoms with van der Waals surface area (Å²) in [6.45, 7) is 0. The van der Waals surface area contributed by atoms with Crippen LogP contribution in [0.3, 0.4) is 0 Å². The number of nitrogens with one attached hydrogen (secondary N) is 3. The van der Waals surface area contributed by atoms with E-state index in [4.69, 9.17) is 0 Å². The van der Waals surface area contributed by atoms with Gasteiger partial charge in [0.2, 0.25) is 0 Å². The van der Waals surface area contributed by atoms with E-state index in [9.17, 15) is 9.59 Å². The molecule has 1 aliphatic rings. The number of hydrogen-bond donors (Lipinski definition) is 3. The van der Waals surface area contributed by atoms with E-state index in [1.165, 1.54) is 17.5 Å². The molecule has 22 heavy (non-hydrogen) atoms. The fraction of sp³-hybridized carbons (Fsp3) is 0.250. The van der Waals surface area contributed by atoms with Gasteiger partial charge in [-0.15, -0.1) is 0 Å². The largest absolute Gasteiger partial charge is 0.356 e. The number of benzene rings is 1. The lowest BCUT2D eigenvalue weighted by Crippen LogP contribution is -2.41. The van der Waals surface area contributed by atoms with Gasteiger partial charge in [-0.25, -0.2) is 0 Å². The summed E-state index contributed by atoms with van der Waals surface area (Å²) >= 11 is 3.25. The zero-order valence-corrected chi connectivity index (χ0v) is 13.5. The molecule has 3 N–H and O–H groups in total. The summed E-state index contributed by atoms with van der Waals surface area (Å²) in [5.41, 5.74) is 8.33. The van der Waals surface area contributed by atoms with Crippen molar-refractivity contribution in [2.45, 2.75) is 25.7 Å². The van der Waals surface area contributed by atoms with Crippen molar-refractivity contribution in [3.8, 4) is 0 Å². The van der Waals surface area contributed by atoms with E-state index in [0.29, 0.717) is 11.3 Å². The number of rotatable bonds is 2. The van der Waals surface area contributed by atoms with Crippen molar-refractivity contribution in [2.24, 2.45) is 0 Å². The van der Waals surface area contributed by atoms with Crippen LogP contribution in [0, 0.1) is 0 Å². The van der Waals surface area contributed by atoms with E-state index in [0.717, 1.165) is 23.7 Å². The Hall–Kier alpha value is -2.08. The van der Waals surface area contributed by atoms with E-state index in [1.54, 1.807) is 18.3 Å². The Morgan fingerprint density at radius 2 is 1.73 bits per heavy atom. The molecule has 0 unspecified atom stereocenters. The second-order valence-corrected chi connectivity index (χ2v) is 6.25. The van der Waals surface area contributed by atoms with Crippen LogP contribution in [0.2, 0.25) is 0 Å². The summed E-state index contributed by atoms with van der Waals surface area (Å²) in [7, 11) is 0. The van der Waals surface area contributed by atoms with Crippen molar-refractivity contribution in [3.05, 3.63) is 57.3 Å². The van der Waals surface area contributed by atoms with Crippen molar-refractivity contribution in [3.63, 3.8) is 0 Å². The molecule has 1 aromatic heterocycles. The number of halogens is 1. The smallest absolute Gasteiger partial charge is 0.286 e. The van der Waals surface area contributed by atoms with Gasteiger partial charge in [0, 0.05) is 16.2 Å². The number of carbonyl (C=O) groups excluding carboxylic acids is 2. The zero-order chi connectivity index (χ0) is 15.5. The molecule has 1 heterocycles. The fourth-order valence-corrected chi connectivity index (χ4v) is 2.97. The Kier molecular flexibility index (Phi) is 4.29. The summed E-state index contributed by atoms with van der Waals surface area (Å²) in [6.07, 6.45) is 6.12. The lowest BCUT2D eigenvalue weighted by Gasteiger charge is -2.16. The molecule has 2 aromatic rings. The second-order valence-electron chi connectivity index (χ2n) is 5.33. The van der Waals surface area contributed by atoms with Gasteiger partial charge in [-0.2, -0.15) is 0 Å². The first-order chi connectivity index (χ1) is 10.6. The number of aromatic amines is 1. The average molecular weight is 362 g/mol. The van der Waals surface area contributed by atoms with Gasteiger partial charge in [-0.05, 0) is 70.9 Å². The summed E-state index contributed by atoms with van der Waals surface area (Å²) in [5, 5.41) is 0. The molecule has 3 rings (SSSR count). The van der Waals surface area contributed by atoms with Crippen LogP contribution in [0.25, 0.3) is 0 Å². The maximum atomic E-state index is 12.1. The number of hydrogen-bond acceptors (Lipinski definition) is 2. The highest BCUT2D eigenvalue weighted by atomic mass is 79.9. The predicted octanol–water partition coefficient (Wildman–Crippen LogP) is 2.73. The number of aryl methyl sites for hydroxylation is 2. The normalized spacial score (nSPS) is 13.3. The van der Waals surface area contributed by atoms with Crippen molar-refractivity contribution in [2.75, 3.05) is 0 Å². The monoisotopic (exact) mass is 361 g/mol. The van der Waals surface area contributed by atoms with Gasteiger partial charge in [-0.1, -0.05) is 6.07 Å². The molecule has 0 saturated heterocycles. The first-order valence-corrected chi connectivity index (χ1v) is 7.99. The van der Waals surface area contributed by atoms with Gasteiger partial charge in [0.25, 0.3) is 11.8 Å². The molecule has 5 nitrogen and oxygen atoms in total. The molecule has 6 heteroatoms. The quantitative estimate of drug-likeness (QED) is 0.719. The number of aromatic nitrogens is 1. The van der Waals surface area contributed by atoms with Gasteiger partial charge in [0.1, 0.15) is 5.69 Å². The molecule has 1 aromatic carbocycles. The van der Waals surface area contributed by atoms with Crippen molar-refractivity contribution in [1.82, 2.24) is 15.8 Å². The third-order valence-electron chi connectivity index (χ3n) is 3.79. The standard InChI is InChI=1S/C16H16BrN3O2/c17-13-8-14(18-9-13)16(22)20-19-15(21)12-6-5-10-3-1-2-4-11(10)7-12/h5-9,18H,1-4H2,(H,19,21)(H,20,22). The number of H-pyrrole nitrogens is 1. The fourth-order valence-electron chi connectivity index (χ4n) is 2.63. The Labute approximate surface area is 136 Å². The molecule has 0 spiro atoms. The molecule has 0 saturated carbocycles. The molecule has 0 atom stereocenters. The number of hydrazine groups is 1. The highest BCUT2D eigenvalue weighted by molar-refractivity contribution is 9.10. The van der Waals surface area contributed by atoms with Crippen LogP contribution in [0.4, 0.5) is 0 Å². The molecular weight excluding hydrogens is 346 g/mol. The Morgan fingerprint density at radius 1 is 1.00 bits per heavy atom. The second kappa shape index (κ2) is 6.36. The highest BCUT2D eigenvalue weighted by Gasteiger charge is 2.14. The first-order valence-electron chi connectivity index (χ1n) is 7.20. The molecule has 0 fully saturated rings. The van der Waals surface area contributed by atoms with Crippen LogP contribution in [0.5, 0.6) is 0 Å². The van der Waals surface area contributed by atoms with Crippen LogP contribution in [-0.2, 0) is 12.8 Å². The maximum Gasteiger partial charge on any atom is 0.286 e. The molecule has 0 aliphatic heterocycles. The minimum absolute atomic E-state index is 0.313. The van der Waals surface area contributed by atoms with Gasteiger partial charge >= 0.3 is 0 Å². The Balaban J connectivity index is 1.63. The molecule has 114 valence electrons. The van der Waals surface area contributed by atoms with Gasteiger partial charge in [0.05, 0.1) is 0 Å². The first kappa shape index (κ1) is 14.8. The van der Waals surface area contributed by atoms with E-state index in [-0.39, 0.29) is 5.91 Å². The van der Waals surface area contributed by atoms with Crippen LogP contribution in [0.1, 0.15) is 44.8 Å². The van der Waals surface area contributed by atoms with E-state index >= 15 is 0 Å². The topological polar surface area (TPSA) is 74.0 Å². The van der Waals surface area contributed by atoms with E-state index < -0.39 is 5.91 Å². The zero-order valence-electron chi connectivity index (χ0n) is 11.9. The number of amides is 2. The minimum atomic E-state index is -0.392. The lowest BCUT2D eigenvalue weighted by atomic mass is 9.90. The van der Waals surface area contributed by atoms with Crippen LogP contribution in [0.15, 0.2) is 34.9 Å². The summed E-state index contributed by atoms with van der Waals surface area (Å²) in [6, 6.07) is 7.37. The maximum absolute atomic E-state index is 12.1. The number of fused-ring (bicyclic) bond motifs is 1. The van der Waals surface area contributed by atoms with Crippen molar-refractivity contribution < 1.29 is 9.59 Å². The summed E-state index contributed by atoms with van der Waals surface area (Å²) < 4.78 is 0.777. The van der Waals surface area contributed by atoms with Crippen LogP contribution < -0.4 is 10.9 Å². The lowest BCUT2D eigenvalue weighted by molar-refractivity contribution is 0.0844. The highest BCUT2D eigenvalue weighted by Crippen LogP contribution is 2.22. The molecule has 2 amide bonds. The average Bonchev–Trinajstić information content (AvgIpc) is 2.98. The Morgan fingerprint density at radius 3 is 2.45 bits per heavy atom. The van der Waals surface area contributed by atoms with Crippen molar-refractivity contribution >= 4 is 27.7 Å². The molecule has 0 radical (unpaired) electrons.